The number of aliphatic hydroxyl groups excluding tert-OH is 1. The summed E-state index contributed by atoms with van der Waals surface area (Å²) in [5, 5.41) is 10.6. The molecule has 2 atom stereocenters. The second kappa shape index (κ2) is 7.12. The maximum absolute atomic E-state index is 10.6. The molecule has 3 rings (SSSR count). The average molecular weight is 317 g/mol. The van der Waals surface area contributed by atoms with Gasteiger partial charge in [-0.05, 0) is 5.92 Å². The highest BCUT2D eigenvalue weighted by Gasteiger charge is 2.38. The van der Waals surface area contributed by atoms with Gasteiger partial charge in [-0.1, -0.05) is 32.0 Å². The van der Waals surface area contributed by atoms with Gasteiger partial charge in [0.05, 0.1) is 19.1 Å². The first-order valence-corrected chi connectivity index (χ1v) is 8.76. The lowest BCUT2D eigenvalue weighted by Crippen LogP contribution is -2.43. The van der Waals surface area contributed by atoms with Crippen LogP contribution >= 0.6 is 0 Å². The number of hydrogen-bond donors (Lipinski definition) is 1. The van der Waals surface area contributed by atoms with Crippen LogP contribution in [0.4, 0.5) is 5.69 Å². The van der Waals surface area contributed by atoms with Gasteiger partial charge >= 0.3 is 0 Å². The number of benzene rings is 1. The number of nitrogens with zero attached hydrogens (tertiary/aromatic N) is 2. The molecule has 4 heteroatoms. The van der Waals surface area contributed by atoms with Gasteiger partial charge in [-0.15, -0.1) is 0 Å². The van der Waals surface area contributed by atoms with Gasteiger partial charge in [-0.3, -0.25) is 4.90 Å². The smallest absolute Gasteiger partial charge is 0.209 e. The average Bonchev–Trinajstić information content (AvgIpc) is 2.81. The van der Waals surface area contributed by atoms with Crippen molar-refractivity contribution in [1.82, 2.24) is 4.90 Å². The Morgan fingerprint density at radius 2 is 1.96 bits per heavy atom. The van der Waals surface area contributed by atoms with Crippen molar-refractivity contribution in [3.8, 4) is 0 Å². The molecule has 126 valence electrons. The number of para-hydroxylation sites is 1. The van der Waals surface area contributed by atoms with Crippen LogP contribution in [0.5, 0.6) is 0 Å². The van der Waals surface area contributed by atoms with Crippen molar-refractivity contribution < 1.29 is 14.4 Å². The highest BCUT2D eigenvalue weighted by Crippen LogP contribution is 2.39. The topological polar surface area (TPSA) is 35.7 Å². The summed E-state index contributed by atoms with van der Waals surface area (Å²) in [6.45, 7) is 11.6. The molecule has 0 amide bonds. The van der Waals surface area contributed by atoms with Gasteiger partial charge in [0.25, 0.3) is 0 Å². The van der Waals surface area contributed by atoms with E-state index in [2.05, 4.69) is 54.5 Å². The third-order valence-corrected chi connectivity index (χ3v) is 5.07. The van der Waals surface area contributed by atoms with Gasteiger partial charge < -0.3 is 9.84 Å². The monoisotopic (exact) mass is 317 g/mol. The summed E-state index contributed by atoms with van der Waals surface area (Å²) >= 11 is 0. The van der Waals surface area contributed by atoms with Crippen molar-refractivity contribution >= 4 is 11.4 Å². The summed E-state index contributed by atoms with van der Waals surface area (Å²) in [6.07, 6.45) is -0.345. The first kappa shape index (κ1) is 16.6. The summed E-state index contributed by atoms with van der Waals surface area (Å²) < 4.78 is 7.71. The van der Waals surface area contributed by atoms with E-state index in [4.69, 9.17) is 4.74 Å². The second-order valence-corrected chi connectivity index (χ2v) is 7.10. The Balaban J connectivity index is 1.75. The Bertz CT molecular complexity index is 576. The van der Waals surface area contributed by atoms with Gasteiger partial charge in [0, 0.05) is 38.2 Å². The molecule has 2 heterocycles. The minimum Gasteiger partial charge on any atom is -0.385 e. The van der Waals surface area contributed by atoms with Crippen molar-refractivity contribution in [2.24, 2.45) is 5.92 Å². The molecule has 2 aliphatic heterocycles. The van der Waals surface area contributed by atoms with Crippen LogP contribution in [0.25, 0.3) is 0 Å². The van der Waals surface area contributed by atoms with Crippen molar-refractivity contribution in [3.63, 3.8) is 0 Å². The molecule has 4 nitrogen and oxygen atoms in total. The quantitative estimate of drug-likeness (QED) is 0.846. The number of ether oxygens (including phenoxy) is 1. The summed E-state index contributed by atoms with van der Waals surface area (Å²) in [5.41, 5.74) is 4.03. The van der Waals surface area contributed by atoms with Crippen LogP contribution in [0.3, 0.4) is 0 Å². The molecule has 1 aromatic carbocycles. The Labute approximate surface area is 139 Å². The van der Waals surface area contributed by atoms with E-state index in [9.17, 15) is 5.11 Å². The molecule has 0 bridgehead atoms. The number of aliphatic hydroxyl groups is 1. The summed E-state index contributed by atoms with van der Waals surface area (Å²) in [5.74, 6) is 1.03. The molecule has 0 aromatic heterocycles. The molecule has 1 aromatic rings. The molecule has 1 N–H and O–H groups in total. The SMILES string of the molecule is CC1=[N+](CC(O)CN2CCOCC2)c2ccccc2C1C(C)C. The fourth-order valence-electron chi connectivity index (χ4n) is 4.01. The Kier molecular flexibility index (Phi) is 5.14. The fraction of sp³-hybridized carbons (Fsp3) is 0.632. The Morgan fingerprint density at radius 1 is 1.26 bits per heavy atom. The fourth-order valence-corrected chi connectivity index (χ4v) is 4.01. The zero-order valence-corrected chi connectivity index (χ0v) is 14.5. The highest BCUT2D eigenvalue weighted by molar-refractivity contribution is 5.90. The van der Waals surface area contributed by atoms with Gasteiger partial charge in [-0.25, -0.2) is 0 Å². The van der Waals surface area contributed by atoms with Gasteiger partial charge in [0.1, 0.15) is 6.10 Å². The Morgan fingerprint density at radius 3 is 2.65 bits per heavy atom. The first-order valence-electron chi connectivity index (χ1n) is 8.76. The van der Waals surface area contributed by atoms with Crippen LogP contribution < -0.4 is 0 Å². The van der Waals surface area contributed by atoms with E-state index < -0.39 is 0 Å². The summed E-state index contributed by atoms with van der Waals surface area (Å²) in [4.78, 5) is 2.30. The van der Waals surface area contributed by atoms with E-state index in [0.29, 0.717) is 18.4 Å². The highest BCUT2D eigenvalue weighted by atomic mass is 16.5. The van der Waals surface area contributed by atoms with Crippen LogP contribution in [0.15, 0.2) is 24.3 Å². The van der Waals surface area contributed by atoms with Crippen molar-refractivity contribution in [2.45, 2.75) is 32.8 Å². The first-order chi connectivity index (χ1) is 11.1. The van der Waals surface area contributed by atoms with E-state index in [1.807, 2.05) is 0 Å². The lowest BCUT2D eigenvalue weighted by molar-refractivity contribution is -0.450. The number of β-amino-alcohol motifs (C(OH)–C–C–N with tert-alkyl or cyclic N) is 1. The van der Waals surface area contributed by atoms with Crippen LogP contribution in [0.2, 0.25) is 0 Å². The van der Waals surface area contributed by atoms with Gasteiger partial charge in [0.15, 0.2) is 12.3 Å². The zero-order valence-electron chi connectivity index (χ0n) is 14.5. The van der Waals surface area contributed by atoms with Crippen LogP contribution in [-0.2, 0) is 4.74 Å². The maximum Gasteiger partial charge on any atom is 0.209 e. The minimum absolute atomic E-state index is 0.345. The van der Waals surface area contributed by atoms with Gasteiger partial charge in [0.2, 0.25) is 5.69 Å². The summed E-state index contributed by atoms with van der Waals surface area (Å²) in [6, 6.07) is 8.63. The van der Waals surface area contributed by atoms with Crippen molar-refractivity contribution in [3.05, 3.63) is 29.8 Å². The molecule has 1 fully saturated rings. The van der Waals surface area contributed by atoms with Crippen LogP contribution in [0.1, 0.15) is 32.3 Å². The standard InChI is InChI=1S/C19H29N2O2/c1-14(2)19-15(3)21(18-7-5-4-6-17(18)19)13-16(22)12-20-8-10-23-11-9-20/h4-7,14,16,19,22H,8-13H2,1-3H3/q+1. The number of hydrogen-bond acceptors (Lipinski definition) is 3. The molecule has 2 aliphatic rings. The third-order valence-electron chi connectivity index (χ3n) is 5.07. The van der Waals surface area contributed by atoms with Crippen molar-refractivity contribution in [1.29, 1.82) is 0 Å². The van der Waals surface area contributed by atoms with E-state index in [-0.39, 0.29) is 6.10 Å². The lowest BCUT2D eigenvalue weighted by atomic mass is 9.86. The number of rotatable bonds is 5. The van der Waals surface area contributed by atoms with Gasteiger partial charge in [-0.2, -0.15) is 4.58 Å². The largest absolute Gasteiger partial charge is 0.385 e. The van der Waals surface area contributed by atoms with E-state index >= 15 is 0 Å². The second-order valence-electron chi connectivity index (χ2n) is 7.10. The summed E-state index contributed by atoms with van der Waals surface area (Å²) in [7, 11) is 0. The molecule has 0 aliphatic carbocycles. The van der Waals surface area contributed by atoms with Crippen LogP contribution in [0, 0.1) is 5.92 Å². The van der Waals surface area contributed by atoms with Crippen molar-refractivity contribution in [2.75, 3.05) is 39.4 Å². The van der Waals surface area contributed by atoms with E-state index in [0.717, 1.165) is 32.8 Å². The molecular formula is C19H29N2O2+. The molecule has 0 spiro atoms. The molecular weight excluding hydrogens is 288 g/mol. The maximum atomic E-state index is 10.6. The van der Waals surface area contributed by atoms with E-state index in [1.54, 1.807) is 0 Å². The minimum atomic E-state index is -0.345. The number of morpholine rings is 1. The number of fused-ring (bicyclic) bond motifs is 1. The molecule has 23 heavy (non-hydrogen) atoms. The zero-order chi connectivity index (χ0) is 16.4. The molecule has 2 unspecified atom stereocenters. The lowest BCUT2D eigenvalue weighted by Gasteiger charge is -2.27. The molecule has 1 saturated heterocycles. The molecule has 0 radical (unpaired) electrons. The van der Waals surface area contributed by atoms with Crippen LogP contribution in [-0.4, -0.2) is 65.8 Å². The van der Waals surface area contributed by atoms with E-state index in [1.165, 1.54) is 17.0 Å². The predicted octanol–water partition coefficient (Wildman–Crippen LogP) is 2.24. The Hall–Kier alpha value is -1.23. The third kappa shape index (κ3) is 3.49. The molecule has 0 saturated carbocycles. The normalized spacial score (nSPS) is 23.4. The predicted molar refractivity (Wildman–Crippen MR) is 92.8 cm³/mol.